The molecule has 112 valence electrons. The number of nitro groups is 1. The van der Waals surface area contributed by atoms with Gasteiger partial charge in [0.15, 0.2) is 0 Å². The molecule has 0 spiro atoms. The SMILES string of the molecule is Cl.N[C@@H](c1ccc(Cl)c([N+](=O)[O-])c1)[C@H](O)C1CCCC1. The Morgan fingerprint density at radius 3 is 2.55 bits per heavy atom. The maximum atomic E-state index is 10.8. The van der Waals surface area contributed by atoms with Crippen LogP contribution in [-0.2, 0) is 0 Å². The van der Waals surface area contributed by atoms with Crippen molar-refractivity contribution in [3.63, 3.8) is 0 Å². The van der Waals surface area contributed by atoms with Crippen LogP contribution in [0.4, 0.5) is 5.69 Å². The number of halogens is 2. The van der Waals surface area contributed by atoms with Crippen LogP contribution in [0, 0.1) is 16.0 Å². The molecule has 1 aliphatic carbocycles. The van der Waals surface area contributed by atoms with Gasteiger partial charge in [0.1, 0.15) is 5.02 Å². The zero-order valence-electron chi connectivity index (χ0n) is 10.9. The molecule has 1 aromatic carbocycles. The Morgan fingerprint density at radius 2 is 2.00 bits per heavy atom. The van der Waals surface area contributed by atoms with Crippen molar-refractivity contribution >= 4 is 29.7 Å². The van der Waals surface area contributed by atoms with E-state index in [0.717, 1.165) is 25.7 Å². The number of benzene rings is 1. The van der Waals surface area contributed by atoms with E-state index in [9.17, 15) is 15.2 Å². The second kappa shape index (κ2) is 7.22. The fourth-order valence-corrected chi connectivity index (χ4v) is 2.85. The summed E-state index contributed by atoms with van der Waals surface area (Å²) in [5.41, 5.74) is 6.40. The maximum absolute atomic E-state index is 10.8. The van der Waals surface area contributed by atoms with Crippen LogP contribution in [0.5, 0.6) is 0 Å². The van der Waals surface area contributed by atoms with E-state index in [2.05, 4.69) is 0 Å². The average molecular weight is 321 g/mol. The van der Waals surface area contributed by atoms with Crippen molar-refractivity contribution in [1.82, 2.24) is 0 Å². The Kier molecular flexibility index (Phi) is 6.20. The lowest BCUT2D eigenvalue weighted by atomic mass is 9.91. The van der Waals surface area contributed by atoms with E-state index in [4.69, 9.17) is 17.3 Å². The van der Waals surface area contributed by atoms with Gasteiger partial charge in [-0.05, 0) is 30.4 Å². The molecule has 1 aromatic rings. The van der Waals surface area contributed by atoms with Gasteiger partial charge in [-0.25, -0.2) is 0 Å². The van der Waals surface area contributed by atoms with E-state index in [0.29, 0.717) is 5.56 Å². The normalized spacial score (nSPS) is 18.4. The molecule has 0 saturated heterocycles. The summed E-state index contributed by atoms with van der Waals surface area (Å²) in [6.07, 6.45) is 3.47. The van der Waals surface area contributed by atoms with Crippen LogP contribution in [0.25, 0.3) is 0 Å². The van der Waals surface area contributed by atoms with Gasteiger partial charge >= 0.3 is 0 Å². The monoisotopic (exact) mass is 320 g/mol. The first kappa shape index (κ1) is 17.2. The molecule has 0 amide bonds. The highest BCUT2D eigenvalue weighted by molar-refractivity contribution is 6.32. The molecule has 5 nitrogen and oxygen atoms in total. The Morgan fingerprint density at radius 1 is 1.40 bits per heavy atom. The van der Waals surface area contributed by atoms with Crippen molar-refractivity contribution in [2.45, 2.75) is 37.8 Å². The predicted molar refractivity (Wildman–Crippen MR) is 80.2 cm³/mol. The van der Waals surface area contributed by atoms with Crippen LogP contribution in [0.1, 0.15) is 37.3 Å². The summed E-state index contributed by atoms with van der Waals surface area (Å²) in [6.45, 7) is 0. The lowest BCUT2D eigenvalue weighted by molar-refractivity contribution is -0.384. The molecule has 0 aliphatic heterocycles. The standard InChI is InChI=1S/C13H17ClN2O3.ClH/c14-10-6-5-9(7-11(10)16(18)19)12(15)13(17)8-3-1-2-4-8;/h5-8,12-13,17H,1-4,15H2;1H/t12-,13+;/m0./s1. The third kappa shape index (κ3) is 3.61. The quantitative estimate of drug-likeness (QED) is 0.658. The summed E-state index contributed by atoms with van der Waals surface area (Å²) in [6, 6.07) is 3.83. The number of aliphatic hydroxyl groups is 1. The smallest absolute Gasteiger partial charge is 0.288 e. The van der Waals surface area contributed by atoms with Crippen LogP contribution >= 0.6 is 24.0 Å². The van der Waals surface area contributed by atoms with E-state index in [1.807, 2.05) is 0 Å². The molecular weight excluding hydrogens is 303 g/mol. The molecule has 1 fully saturated rings. The molecule has 2 atom stereocenters. The number of aliphatic hydroxyl groups excluding tert-OH is 1. The summed E-state index contributed by atoms with van der Waals surface area (Å²) in [4.78, 5) is 10.3. The first-order valence-electron chi connectivity index (χ1n) is 6.38. The number of hydrogen-bond acceptors (Lipinski definition) is 4. The Balaban J connectivity index is 0.00000200. The first-order chi connectivity index (χ1) is 9.00. The maximum Gasteiger partial charge on any atom is 0.288 e. The van der Waals surface area contributed by atoms with Crippen LogP contribution in [0.2, 0.25) is 5.02 Å². The topological polar surface area (TPSA) is 89.4 Å². The zero-order valence-corrected chi connectivity index (χ0v) is 12.4. The molecule has 20 heavy (non-hydrogen) atoms. The number of nitrogens with two attached hydrogens (primary N) is 1. The lowest BCUT2D eigenvalue weighted by Gasteiger charge is -2.24. The van der Waals surface area contributed by atoms with Gasteiger partial charge in [-0.2, -0.15) is 0 Å². The molecule has 1 saturated carbocycles. The fourth-order valence-electron chi connectivity index (χ4n) is 2.67. The van der Waals surface area contributed by atoms with Crippen molar-refractivity contribution in [2.75, 3.05) is 0 Å². The van der Waals surface area contributed by atoms with E-state index < -0.39 is 17.1 Å². The minimum Gasteiger partial charge on any atom is -0.391 e. The third-order valence-electron chi connectivity index (χ3n) is 3.80. The summed E-state index contributed by atoms with van der Waals surface area (Å²) >= 11 is 5.76. The second-order valence-electron chi connectivity index (χ2n) is 5.03. The number of nitro benzene ring substituents is 1. The summed E-state index contributed by atoms with van der Waals surface area (Å²) in [5.74, 6) is 0.185. The highest BCUT2D eigenvalue weighted by atomic mass is 35.5. The first-order valence-corrected chi connectivity index (χ1v) is 6.76. The minimum atomic E-state index is -0.664. The van der Waals surface area contributed by atoms with E-state index in [-0.39, 0.29) is 29.0 Å². The second-order valence-corrected chi connectivity index (χ2v) is 5.44. The molecular formula is C13H18Cl2N2O3. The van der Waals surface area contributed by atoms with E-state index in [1.54, 1.807) is 6.07 Å². The summed E-state index contributed by atoms with van der Waals surface area (Å²) in [7, 11) is 0. The van der Waals surface area contributed by atoms with Crippen molar-refractivity contribution in [3.05, 3.63) is 38.9 Å². The van der Waals surface area contributed by atoms with Crippen molar-refractivity contribution in [3.8, 4) is 0 Å². The van der Waals surface area contributed by atoms with Crippen LogP contribution in [0.15, 0.2) is 18.2 Å². The minimum absolute atomic E-state index is 0. The largest absolute Gasteiger partial charge is 0.391 e. The van der Waals surface area contributed by atoms with Gasteiger partial charge < -0.3 is 10.8 Å². The van der Waals surface area contributed by atoms with Crippen LogP contribution in [-0.4, -0.2) is 16.1 Å². The Labute approximate surface area is 128 Å². The fraction of sp³-hybridized carbons (Fsp3) is 0.538. The van der Waals surface area contributed by atoms with Gasteiger partial charge in [0, 0.05) is 6.07 Å². The Hall–Kier alpha value is -0.880. The molecule has 0 unspecified atom stereocenters. The van der Waals surface area contributed by atoms with Crippen LogP contribution in [0.3, 0.4) is 0 Å². The molecule has 0 radical (unpaired) electrons. The molecule has 0 heterocycles. The average Bonchev–Trinajstić information content (AvgIpc) is 2.91. The number of nitrogens with zero attached hydrogens (tertiary/aromatic N) is 1. The highest BCUT2D eigenvalue weighted by Crippen LogP contribution is 2.34. The molecule has 0 aromatic heterocycles. The van der Waals surface area contributed by atoms with Crippen LogP contribution < -0.4 is 5.73 Å². The van der Waals surface area contributed by atoms with Crippen molar-refractivity contribution < 1.29 is 10.0 Å². The highest BCUT2D eigenvalue weighted by Gasteiger charge is 2.29. The molecule has 2 rings (SSSR count). The van der Waals surface area contributed by atoms with Gasteiger partial charge in [-0.15, -0.1) is 12.4 Å². The van der Waals surface area contributed by atoms with Gasteiger partial charge in [0.2, 0.25) is 0 Å². The van der Waals surface area contributed by atoms with Gasteiger partial charge in [0.25, 0.3) is 5.69 Å². The summed E-state index contributed by atoms with van der Waals surface area (Å²) < 4.78 is 0. The molecule has 3 N–H and O–H groups in total. The lowest BCUT2D eigenvalue weighted by Crippen LogP contribution is -2.31. The van der Waals surface area contributed by atoms with E-state index in [1.165, 1.54) is 12.1 Å². The van der Waals surface area contributed by atoms with Crippen molar-refractivity contribution in [2.24, 2.45) is 11.7 Å². The molecule has 1 aliphatic rings. The molecule has 0 bridgehead atoms. The van der Waals surface area contributed by atoms with E-state index >= 15 is 0 Å². The molecule has 7 heteroatoms. The third-order valence-corrected chi connectivity index (χ3v) is 4.12. The van der Waals surface area contributed by atoms with Gasteiger partial charge in [-0.3, -0.25) is 10.1 Å². The Bertz CT molecular complexity index is 479. The zero-order chi connectivity index (χ0) is 14.0. The summed E-state index contributed by atoms with van der Waals surface area (Å²) in [5, 5.41) is 21.2. The number of rotatable bonds is 4. The predicted octanol–water partition coefficient (Wildman–Crippen LogP) is 3.22. The van der Waals surface area contributed by atoms with Crippen molar-refractivity contribution in [1.29, 1.82) is 0 Å². The van der Waals surface area contributed by atoms with Gasteiger partial charge in [-0.1, -0.05) is 30.5 Å². The number of hydrogen-bond donors (Lipinski definition) is 2. The van der Waals surface area contributed by atoms with Gasteiger partial charge in [0.05, 0.1) is 17.1 Å².